The predicted octanol–water partition coefficient (Wildman–Crippen LogP) is 5.03. The summed E-state index contributed by atoms with van der Waals surface area (Å²) in [5.41, 5.74) is 2.22. The van der Waals surface area contributed by atoms with E-state index in [2.05, 4.69) is 51.5 Å². The van der Waals surface area contributed by atoms with Gasteiger partial charge in [0.25, 0.3) is 7.52 Å². The van der Waals surface area contributed by atoms with Gasteiger partial charge in [0, 0.05) is 26.2 Å². The van der Waals surface area contributed by atoms with Gasteiger partial charge >= 0.3 is 0 Å². The van der Waals surface area contributed by atoms with E-state index >= 15 is 0 Å². The minimum atomic E-state index is -3.11. The summed E-state index contributed by atoms with van der Waals surface area (Å²) in [4.78, 5) is 2.31. The van der Waals surface area contributed by atoms with E-state index in [1.165, 1.54) is 0 Å². The van der Waals surface area contributed by atoms with E-state index in [4.69, 9.17) is 9.26 Å². The van der Waals surface area contributed by atoms with Crippen LogP contribution in [0.15, 0.2) is 12.1 Å². The van der Waals surface area contributed by atoms with Crippen LogP contribution >= 0.6 is 7.52 Å². The van der Waals surface area contributed by atoms with Crippen LogP contribution in [-0.4, -0.2) is 55.5 Å². The van der Waals surface area contributed by atoms with Gasteiger partial charge in [-0.25, -0.2) is 5.09 Å². The Morgan fingerprint density at radius 2 is 1.61 bits per heavy atom. The van der Waals surface area contributed by atoms with Gasteiger partial charge in [-0.1, -0.05) is 53.7 Å². The molecule has 7 heteroatoms. The number of nitrogens with zero attached hydrogens (tertiary/aromatic N) is 1. The van der Waals surface area contributed by atoms with Crippen molar-refractivity contribution in [1.82, 2.24) is 9.99 Å². The van der Waals surface area contributed by atoms with Gasteiger partial charge in [0.15, 0.2) is 0 Å². The molecule has 1 aliphatic rings. The van der Waals surface area contributed by atoms with Gasteiger partial charge in [-0.15, -0.1) is 0 Å². The van der Waals surface area contributed by atoms with Crippen LogP contribution in [0.5, 0.6) is 5.75 Å². The molecule has 1 aromatic carbocycles. The molecular formula is C24H43N2O4P. The van der Waals surface area contributed by atoms with E-state index < -0.39 is 7.52 Å². The van der Waals surface area contributed by atoms with Crippen molar-refractivity contribution < 1.29 is 18.9 Å². The molecule has 0 bridgehead atoms. The number of benzene rings is 1. The summed E-state index contributed by atoms with van der Waals surface area (Å²) in [5, 5.41) is 14.2. The van der Waals surface area contributed by atoms with Crippen LogP contribution in [0.2, 0.25) is 0 Å². The molecule has 1 unspecified atom stereocenters. The van der Waals surface area contributed by atoms with E-state index in [9.17, 15) is 9.67 Å². The molecule has 6 nitrogen and oxygen atoms in total. The Labute approximate surface area is 189 Å². The monoisotopic (exact) mass is 454 g/mol. The first kappa shape index (κ1) is 26.3. The zero-order valence-corrected chi connectivity index (χ0v) is 21.6. The largest absolute Gasteiger partial charge is 0.507 e. The van der Waals surface area contributed by atoms with Gasteiger partial charge in [0.1, 0.15) is 5.75 Å². The SMILES string of the molecule is CC(C)OP(=O)(Cc1cc(C(C)(C)C)c(O)c(C(C)(C)C)c1)NCCN1CCOCC1. The number of hydrogen-bond donors (Lipinski definition) is 2. The van der Waals surface area contributed by atoms with Crippen LogP contribution in [-0.2, 0) is 30.8 Å². The van der Waals surface area contributed by atoms with Gasteiger partial charge in [-0.3, -0.25) is 9.46 Å². The highest BCUT2D eigenvalue weighted by Crippen LogP contribution is 2.49. The average molecular weight is 455 g/mol. The van der Waals surface area contributed by atoms with Crippen molar-refractivity contribution in [2.24, 2.45) is 0 Å². The molecule has 0 amide bonds. The summed E-state index contributed by atoms with van der Waals surface area (Å²) in [6.07, 6.45) is 0.142. The third kappa shape index (κ3) is 7.87. The first-order valence-electron chi connectivity index (χ1n) is 11.4. The highest BCUT2D eigenvalue weighted by molar-refractivity contribution is 7.56. The highest BCUT2D eigenvalue weighted by atomic mass is 31.2. The van der Waals surface area contributed by atoms with E-state index in [1.807, 2.05) is 26.0 Å². The average Bonchev–Trinajstić information content (AvgIpc) is 2.61. The first-order chi connectivity index (χ1) is 14.2. The fourth-order valence-corrected chi connectivity index (χ4v) is 5.89. The van der Waals surface area contributed by atoms with E-state index in [0.29, 0.717) is 18.5 Å². The van der Waals surface area contributed by atoms with Crippen molar-refractivity contribution >= 4 is 7.52 Å². The summed E-state index contributed by atoms with van der Waals surface area (Å²) < 4.78 is 25.2. The molecule has 31 heavy (non-hydrogen) atoms. The van der Waals surface area contributed by atoms with Crippen molar-refractivity contribution in [1.29, 1.82) is 0 Å². The smallest absolute Gasteiger partial charge is 0.274 e. The zero-order chi connectivity index (χ0) is 23.4. The summed E-state index contributed by atoms with van der Waals surface area (Å²) in [6.45, 7) is 21.0. The number of aromatic hydroxyl groups is 1. The van der Waals surface area contributed by atoms with Crippen molar-refractivity contribution in [2.75, 3.05) is 39.4 Å². The second-order valence-corrected chi connectivity index (χ2v) is 13.1. The Morgan fingerprint density at radius 1 is 1.10 bits per heavy atom. The number of nitrogens with one attached hydrogen (secondary N) is 1. The number of rotatable bonds is 8. The standard InChI is InChI=1S/C24H43N2O4P/c1-18(2)30-31(28,25-9-10-26-11-13-29-14-12-26)17-19-15-20(23(3,4)5)22(27)21(16-19)24(6,7)8/h15-16,18,27H,9-14,17H2,1-8H3,(H,25,28). The van der Waals surface area contributed by atoms with E-state index in [-0.39, 0.29) is 16.9 Å². The number of morpholine rings is 1. The van der Waals surface area contributed by atoms with Gasteiger partial charge in [0.2, 0.25) is 0 Å². The number of phenols is 1. The summed E-state index contributed by atoms with van der Waals surface area (Å²) in [6, 6.07) is 3.98. The van der Waals surface area contributed by atoms with Crippen LogP contribution < -0.4 is 5.09 Å². The lowest BCUT2D eigenvalue weighted by Crippen LogP contribution is -2.40. The van der Waals surface area contributed by atoms with Crippen LogP contribution in [0.25, 0.3) is 0 Å². The van der Waals surface area contributed by atoms with Crippen LogP contribution in [0.1, 0.15) is 72.1 Å². The topological polar surface area (TPSA) is 71.0 Å². The van der Waals surface area contributed by atoms with Crippen LogP contribution in [0, 0.1) is 0 Å². The molecule has 1 fully saturated rings. The first-order valence-corrected chi connectivity index (χ1v) is 13.2. The molecule has 0 spiro atoms. The Morgan fingerprint density at radius 3 is 2.06 bits per heavy atom. The molecule has 2 N–H and O–H groups in total. The number of ether oxygens (including phenoxy) is 1. The van der Waals surface area contributed by atoms with E-state index in [1.54, 1.807) is 0 Å². The van der Waals surface area contributed by atoms with Crippen LogP contribution in [0.3, 0.4) is 0 Å². The van der Waals surface area contributed by atoms with Gasteiger partial charge in [-0.05, 0) is 41.4 Å². The number of hydrogen-bond acceptors (Lipinski definition) is 5. The quantitative estimate of drug-likeness (QED) is 0.537. The molecule has 0 radical (unpaired) electrons. The molecule has 1 atom stereocenters. The third-order valence-electron chi connectivity index (χ3n) is 5.44. The second kappa shape index (κ2) is 10.4. The minimum absolute atomic E-state index is 0.150. The maximum atomic E-state index is 13.8. The van der Waals surface area contributed by atoms with Gasteiger partial charge in [-0.2, -0.15) is 0 Å². The fraction of sp³-hybridized carbons (Fsp3) is 0.750. The number of phenolic OH excluding ortho intramolecular Hbond substituents is 1. The maximum absolute atomic E-state index is 13.8. The van der Waals surface area contributed by atoms with Crippen LogP contribution in [0.4, 0.5) is 0 Å². The maximum Gasteiger partial charge on any atom is 0.274 e. The normalized spacial score (nSPS) is 18.4. The van der Waals surface area contributed by atoms with Gasteiger partial charge in [0.05, 0.1) is 25.5 Å². The zero-order valence-electron chi connectivity index (χ0n) is 20.7. The minimum Gasteiger partial charge on any atom is -0.507 e. The Hall–Kier alpha value is -0.910. The van der Waals surface area contributed by atoms with Crippen molar-refractivity contribution in [3.63, 3.8) is 0 Å². The molecule has 2 rings (SSSR count). The summed E-state index contributed by atoms with van der Waals surface area (Å²) in [5.74, 6) is 0.337. The molecule has 0 aliphatic carbocycles. The molecule has 0 aromatic heterocycles. The Kier molecular flexibility index (Phi) is 8.80. The molecule has 178 valence electrons. The second-order valence-electron chi connectivity index (χ2n) is 10.9. The molecule has 1 heterocycles. The molecule has 0 saturated carbocycles. The van der Waals surface area contributed by atoms with Gasteiger partial charge < -0.3 is 14.4 Å². The molecule has 1 aliphatic heterocycles. The predicted molar refractivity (Wildman–Crippen MR) is 128 cm³/mol. The summed E-state index contributed by atoms with van der Waals surface area (Å²) in [7, 11) is -3.11. The van der Waals surface area contributed by atoms with Crippen molar-refractivity contribution in [2.45, 2.75) is 78.5 Å². The fourth-order valence-electron chi connectivity index (χ4n) is 3.84. The lowest BCUT2D eigenvalue weighted by atomic mass is 9.78. The van der Waals surface area contributed by atoms with Crippen molar-refractivity contribution in [3.8, 4) is 5.75 Å². The molecular weight excluding hydrogens is 411 g/mol. The third-order valence-corrected chi connectivity index (χ3v) is 7.69. The Balaban J connectivity index is 2.29. The lowest BCUT2D eigenvalue weighted by Gasteiger charge is -2.30. The molecule has 1 aromatic rings. The van der Waals surface area contributed by atoms with Crippen molar-refractivity contribution in [3.05, 3.63) is 28.8 Å². The lowest BCUT2D eigenvalue weighted by molar-refractivity contribution is 0.0389. The Bertz CT molecular complexity index is 740. The van der Waals surface area contributed by atoms with E-state index in [0.717, 1.165) is 49.5 Å². The highest BCUT2D eigenvalue weighted by Gasteiger charge is 2.30. The summed E-state index contributed by atoms with van der Waals surface area (Å²) >= 11 is 0. The molecule has 1 saturated heterocycles.